The molecule has 0 saturated carbocycles. The van der Waals surface area contributed by atoms with E-state index in [0.29, 0.717) is 6.54 Å². The highest BCUT2D eigenvalue weighted by Crippen LogP contribution is 2.39. The molecule has 0 radical (unpaired) electrons. The van der Waals surface area contributed by atoms with E-state index in [0.717, 1.165) is 18.4 Å². The highest BCUT2D eigenvalue weighted by atomic mass is 28.4. The van der Waals surface area contributed by atoms with Crippen molar-refractivity contribution in [2.24, 2.45) is 0 Å². The molecule has 0 N–H and O–H groups in total. The summed E-state index contributed by atoms with van der Waals surface area (Å²) in [4.78, 5) is 14.5. The van der Waals surface area contributed by atoms with E-state index < -0.39 is 8.32 Å². The Morgan fingerprint density at radius 3 is 2.57 bits per heavy atom. The zero-order chi connectivity index (χ0) is 20.8. The molecule has 1 aliphatic heterocycles. The number of nitrogens with zero attached hydrogens (tertiary/aromatic N) is 1. The monoisotopic (exact) mass is 401 g/mol. The number of ether oxygens (including phenoxy) is 1. The van der Waals surface area contributed by atoms with E-state index >= 15 is 0 Å². The first-order valence-corrected chi connectivity index (χ1v) is 13.0. The van der Waals surface area contributed by atoms with Crippen molar-refractivity contribution in [2.45, 2.75) is 63.9 Å². The minimum absolute atomic E-state index is 0.0223. The van der Waals surface area contributed by atoms with E-state index in [1.54, 1.807) is 6.08 Å². The molecule has 1 aromatic rings. The lowest BCUT2D eigenvalue weighted by Gasteiger charge is -2.45. The molecule has 0 bridgehead atoms. The van der Waals surface area contributed by atoms with Gasteiger partial charge in [-0.3, -0.25) is 4.90 Å². The molecular weight excluding hydrogens is 366 g/mol. The Labute approximate surface area is 171 Å². The molecule has 154 valence electrons. The summed E-state index contributed by atoms with van der Waals surface area (Å²) in [7, 11) is -1.96. The van der Waals surface area contributed by atoms with Gasteiger partial charge in [-0.15, -0.1) is 0 Å². The molecule has 1 fully saturated rings. The van der Waals surface area contributed by atoms with Gasteiger partial charge in [-0.25, -0.2) is 4.79 Å². The van der Waals surface area contributed by atoms with E-state index in [4.69, 9.17) is 9.16 Å². The number of piperidine rings is 1. The van der Waals surface area contributed by atoms with Gasteiger partial charge in [-0.2, -0.15) is 0 Å². The van der Waals surface area contributed by atoms with Crippen LogP contribution in [0, 0.1) is 0 Å². The van der Waals surface area contributed by atoms with Crippen molar-refractivity contribution in [1.82, 2.24) is 4.90 Å². The second kappa shape index (κ2) is 9.57. The molecule has 28 heavy (non-hydrogen) atoms. The van der Waals surface area contributed by atoms with Crippen molar-refractivity contribution in [3.05, 3.63) is 54.6 Å². The predicted molar refractivity (Wildman–Crippen MR) is 119 cm³/mol. The van der Waals surface area contributed by atoms with Crippen LogP contribution in [0.5, 0.6) is 0 Å². The van der Waals surface area contributed by atoms with Gasteiger partial charge in [-0.05, 0) is 36.5 Å². The lowest BCUT2D eigenvalue weighted by molar-refractivity contribution is 0.0320. The third-order valence-corrected chi connectivity index (χ3v) is 10.2. The van der Waals surface area contributed by atoms with Crippen LogP contribution in [0.1, 0.15) is 39.2 Å². The van der Waals surface area contributed by atoms with Crippen LogP contribution in [0.25, 0.3) is 6.08 Å². The van der Waals surface area contributed by atoms with Crippen LogP contribution in [0.4, 0.5) is 4.79 Å². The fourth-order valence-electron chi connectivity index (χ4n) is 3.09. The minimum Gasteiger partial charge on any atom is -0.445 e. The third kappa shape index (κ3) is 5.82. The van der Waals surface area contributed by atoms with Gasteiger partial charge < -0.3 is 9.16 Å². The number of rotatable bonds is 6. The molecule has 2 atom stereocenters. The Bertz CT molecular complexity index is 679. The van der Waals surface area contributed by atoms with Crippen LogP contribution >= 0.6 is 0 Å². The highest BCUT2D eigenvalue weighted by molar-refractivity contribution is 6.74. The summed E-state index contributed by atoms with van der Waals surface area (Å²) in [5.41, 5.74) is 1.11. The summed E-state index contributed by atoms with van der Waals surface area (Å²) in [6.07, 6.45) is 7.31. The molecule has 1 amide bonds. The minimum atomic E-state index is -1.96. The Balaban J connectivity index is 2.28. The van der Waals surface area contributed by atoms with Crippen LogP contribution < -0.4 is 0 Å². The molecule has 2 rings (SSSR count). The number of hydrogen-bond acceptors (Lipinski definition) is 3. The molecule has 1 aliphatic rings. The van der Waals surface area contributed by atoms with Gasteiger partial charge in [0.15, 0.2) is 8.32 Å². The average molecular weight is 402 g/mol. The highest BCUT2D eigenvalue weighted by Gasteiger charge is 2.43. The molecule has 5 heteroatoms. The van der Waals surface area contributed by atoms with E-state index in [1.807, 2.05) is 23.1 Å². The molecule has 4 nitrogen and oxygen atoms in total. The predicted octanol–water partition coefficient (Wildman–Crippen LogP) is 5.88. The normalized spacial score (nSPS) is 21.0. The second-order valence-corrected chi connectivity index (χ2v) is 13.6. The fraction of sp³-hybridized carbons (Fsp3) is 0.522. The summed E-state index contributed by atoms with van der Waals surface area (Å²) in [5, 5.41) is 0.117. The van der Waals surface area contributed by atoms with Gasteiger partial charge in [0.05, 0.1) is 12.1 Å². The standard InChI is InChI=1S/C23H35NO3Si/c1-7-18-26-22(25)24-17-11-14-21(27-28(5,6)23(2,3)4)20(24)16-15-19-12-9-8-10-13-19/h7-10,12-13,15-16,20-21H,1,11,14,17-18H2,2-6H3/b16-15+/t20-,21+/m0/s1. The SMILES string of the molecule is C=CCOC(=O)N1CCC[C@@H](O[Si](C)(C)C(C)(C)C)[C@@H]1/C=C/c1ccccc1. The first-order chi connectivity index (χ1) is 13.2. The molecule has 1 aromatic carbocycles. The van der Waals surface area contributed by atoms with Crippen LogP contribution in [0.3, 0.4) is 0 Å². The zero-order valence-corrected chi connectivity index (χ0v) is 19.0. The maximum absolute atomic E-state index is 12.7. The van der Waals surface area contributed by atoms with Crippen LogP contribution in [-0.2, 0) is 9.16 Å². The Morgan fingerprint density at radius 2 is 1.96 bits per heavy atom. The van der Waals surface area contributed by atoms with Crippen molar-refractivity contribution in [1.29, 1.82) is 0 Å². The average Bonchev–Trinajstić information content (AvgIpc) is 2.64. The Hall–Kier alpha value is -1.85. The van der Waals surface area contributed by atoms with Crippen molar-refractivity contribution >= 4 is 20.5 Å². The molecule has 0 unspecified atom stereocenters. The first-order valence-electron chi connectivity index (χ1n) is 10.1. The summed E-state index contributed by atoms with van der Waals surface area (Å²) < 4.78 is 12.1. The maximum atomic E-state index is 12.7. The van der Waals surface area contributed by atoms with Gasteiger partial charge in [0.1, 0.15) is 6.61 Å². The van der Waals surface area contributed by atoms with Gasteiger partial charge >= 0.3 is 6.09 Å². The van der Waals surface area contributed by atoms with Gasteiger partial charge in [0.25, 0.3) is 0 Å². The second-order valence-electron chi connectivity index (χ2n) is 8.88. The van der Waals surface area contributed by atoms with Crippen molar-refractivity contribution in [3.63, 3.8) is 0 Å². The molecule has 0 spiro atoms. The van der Waals surface area contributed by atoms with E-state index in [1.165, 1.54) is 0 Å². The third-order valence-electron chi connectivity index (χ3n) is 5.73. The van der Waals surface area contributed by atoms with Crippen LogP contribution in [-0.4, -0.2) is 44.6 Å². The number of carbonyl (C=O) groups is 1. The van der Waals surface area contributed by atoms with Gasteiger partial charge in [0.2, 0.25) is 0 Å². The van der Waals surface area contributed by atoms with Crippen LogP contribution in [0.2, 0.25) is 18.1 Å². The van der Waals surface area contributed by atoms with Crippen LogP contribution in [0.15, 0.2) is 49.1 Å². The van der Waals surface area contributed by atoms with E-state index in [9.17, 15) is 4.79 Å². The smallest absolute Gasteiger partial charge is 0.410 e. The summed E-state index contributed by atoms with van der Waals surface area (Å²) in [6, 6.07) is 10.0. The van der Waals surface area contributed by atoms with E-state index in [2.05, 4.69) is 64.7 Å². The fourth-order valence-corrected chi connectivity index (χ4v) is 4.46. The Kier molecular flexibility index (Phi) is 7.67. The molecule has 1 heterocycles. The van der Waals surface area contributed by atoms with E-state index in [-0.39, 0.29) is 29.9 Å². The van der Waals surface area contributed by atoms with Gasteiger partial charge in [0, 0.05) is 6.54 Å². The van der Waals surface area contributed by atoms with Crippen molar-refractivity contribution in [3.8, 4) is 0 Å². The van der Waals surface area contributed by atoms with Crippen molar-refractivity contribution in [2.75, 3.05) is 13.2 Å². The number of benzene rings is 1. The largest absolute Gasteiger partial charge is 0.445 e. The Morgan fingerprint density at radius 1 is 1.29 bits per heavy atom. The molecular formula is C23H35NO3Si. The number of hydrogen-bond donors (Lipinski definition) is 0. The quantitative estimate of drug-likeness (QED) is 0.441. The zero-order valence-electron chi connectivity index (χ0n) is 18.0. The topological polar surface area (TPSA) is 38.8 Å². The lowest BCUT2D eigenvalue weighted by Crippen LogP contribution is -2.55. The first kappa shape index (κ1) is 22.4. The number of amides is 1. The summed E-state index contributed by atoms with van der Waals surface area (Å²) >= 11 is 0. The number of carbonyl (C=O) groups excluding carboxylic acids is 1. The lowest BCUT2D eigenvalue weighted by atomic mass is 9.98. The molecule has 0 aliphatic carbocycles. The number of likely N-dealkylation sites (tertiary alicyclic amines) is 1. The maximum Gasteiger partial charge on any atom is 0.410 e. The summed E-state index contributed by atoms with van der Waals surface area (Å²) in [6.45, 7) is 15.8. The van der Waals surface area contributed by atoms with Gasteiger partial charge in [-0.1, -0.05) is 75.9 Å². The van der Waals surface area contributed by atoms with Crippen molar-refractivity contribution < 1.29 is 14.0 Å². The molecule has 1 saturated heterocycles. The summed E-state index contributed by atoms with van der Waals surface area (Å²) in [5.74, 6) is 0. The molecule has 0 aromatic heterocycles.